The summed E-state index contributed by atoms with van der Waals surface area (Å²) in [4.78, 5) is 12.7. The maximum absolute atomic E-state index is 12.7. The summed E-state index contributed by atoms with van der Waals surface area (Å²) in [6, 6.07) is 23.6. The number of hydrogen-bond acceptors (Lipinski definition) is 2. The van der Waals surface area contributed by atoms with E-state index >= 15 is 0 Å². The van der Waals surface area contributed by atoms with Crippen LogP contribution in [0.5, 0.6) is 5.75 Å². The summed E-state index contributed by atoms with van der Waals surface area (Å²) < 4.78 is 5.22. The van der Waals surface area contributed by atoms with Gasteiger partial charge in [0.25, 0.3) is 5.91 Å². The third-order valence-electron chi connectivity index (χ3n) is 4.09. The van der Waals surface area contributed by atoms with Gasteiger partial charge in [0.15, 0.2) is 0 Å². The molecule has 1 amide bonds. The predicted molar refractivity (Wildman–Crippen MR) is 101 cm³/mol. The van der Waals surface area contributed by atoms with E-state index in [1.165, 1.54) is 5.56 Å². The van der Waals surface area contributed by atoms with Crippen LogP contribution in [0.2, 0.25) is 0 Å². The number of ether oxygens (including phenoxy) is 1. The normalized spacial score (nSPS) is 10.3. The van der Waals surface area contributed by atoms with Crippen molar-refractivity contribution in [3.8, 4) is 16.9 Å². The van der Waals surface area contributed by atoms with Crippen LogP contribution >= 0.6 is 0 Å². The largest absolute Gasteiger partial charge is 0.497 e. The zero-order valence-electron chi connectivity index (χ0n) is 14.5. The summed E-state index contributed by atoms with van der Waals surface area (Å²) >= 11 is 0. The minimum absolute atomic E-state index is 0.0834. The van der Waals surface area contributed by atoms with E-state index in [2.05, 4.69) is 24.4 Å². The fraction of sp³-hybridized carbons (Fsp3) is 0.136. The van der Waals surface area contributed by atoms with Gasteiger partial charge in [0.1, 0.15) is 5.75 Å². The number of methoxy groups -OCH3 is 1. The Morgan fingerprint density at radius 2 is 1.76 bits per heavy atom. The molecule has 0 atom stereocenters. The van der Waals surface area contributed by atoms with Gasteiger partial charge in [0.2, 0.25) is 0 Å². The number of carbonyl (C=O) groups is 1. The second-order valence-electron chi connectivity index (χ2n) is 5.95. The molecule has 25 heavy (non-hydrogen) atoms. The van der Waals surface area contributed by atoms with Crippen LogP contribution in [-0.4, -0.2) is 13.0 Å². The van der Waals surface area contributed by atoms with E-state index in [9.17, 15) is 4.79 Å². The monoisotopic (exact) mass is 331 g/mol. The molecule has 3 heteroatoms. The van der Waals surface area contributed by atoms with Crippen molar-refractivity contribution in [2.24, 2.45) is 0 Å². The van der Waals surface area contributed by atoms with Gasteiger partial charge >= 0.3 is 0 Å². The third kappa shape index (κ3) is 4.07. The second-order valence-corrected chi connectivity index (χ2v) is 5.95. The summed E-state index contributed by atoms with van der Waals surface area (Å²) in [5, 5.41) is 3.00. The number of rotatable bonds is 5. The first kappa shape index (κ1) is 16.8. The molecule has 0 fully saturated rings. The van der Waals surface area contributed by atoms with Crippen molar-refractivity contribution in [2.75, 3.05) is 7.11 Å². The van der Waals surface area contributed by atoms with Crippen LogP contribution in [0.4, 0.5) is 0 Å². The molecule has 0 saturated heterocycles. The number of carbonyl (C=O) groups excluding carboxylic acids is 1. The highest BCUT2D eigenvalue weighted by molar-refractivity contribution is 6.00. The lowest BCUT2D eigenvalue weighted by Crippen LogP contribution is -2.23. The first-order valence-electron chi connectivity index (χ1n) is 8.24. The molecular formula is C22H21NO2. The summed E-state index contributed by atoms with van der Waals surface area (Å²) in [6.07, 6.45) is 0. The zero-order chi connectivity index (χ0) is 17.6. The SMILES string of the molecule is COc1cccc(CNC(=O)c2ccccc2-c2cccc(C)c2)c1. The van der Waals surface area contributed by atoms with Gasteiger partial charge in [0.05, 0.1) is 7.11 Å². The zero-order valence-corrected chi connectivity index (χ0v) is 14.5. The molecule has 0 aliphatic heterocycles. The number of hydrogen-bond donors (Lipinski definition) is 1. The van der Waals surface area contributed by atoms with Crippen molar-refractivity contribution in [2.45, 2.75) is 13.5 Å². The van der Waals surface area contributed by atoms with Crippen LogP contribution in [0.15, 0.2) is 72.8 Å². The van der Waals surface area contributed by atoms with Gasteiger partial charge in [0, 0.05) is 12.1 Å². The van der Waals surface area contributed by atoms with E-state index in [1.54, 1.807) is 7.11 Å². The van der Waals surface area contributed by atoms with Gasteiger partial charge in [-0.05, 0) is 41.8 Å². The standard InChI is InChI=1S/C22H21NO2/c1-16-7-5-9-18(13-16)20-11-3-4-12-21(20)22(24)23-15-17-8-6-10-19(14-17)25-2/h3-14H,15H2,1-2H3,(H,23,24). The number of nitrogens with one attached hydrogen (secondary N) is 1. The minimum atomic E-state index is -0.0834. The Morgan fingerprint density at radius 3 is 2.56 bits per heavy atom. The van der Waals surface area contributed by atoms with Gasteiger partial charge in [-0.2, -0.15) is 0 Å². The number of benzene rings is 3. The van der Waals surface area contributed by atoms with Gasteiger partial charge < -0.3 is 10.1 Å². The summed E-state index contributed by atoms with van der Waals surface area (Å²) in [5.74, 6) is 0.701. The average molecular weight is 331 g/mol. The Morgan fingerprint density at radius 1 is 0.960 bits per heavy atom. The molecular weight excluding hydrogens is 310 g/mol. The molecule has 3 aromatic rings. The molecule has 126 valence electrons. The Labute approximate surface area is 148 Å². The quantitative estimate of drug-likeness (QED) is 0.742. The Hall–Kier alpha value is -3.07. The second kappa shape index (κ2) is 7.67. The average Bonchev–Trinajstić information content (AvgIpc) is 2.66. The van der Waals surface area contributed by atoms with Crippen molar-refractivity contribution in [3.63, 3.8) is 0 Å². The van der Waals surface area contributed by atoms with Gasteiger partial charge in [-0.25, -0.2) is 0 Å². The van der Waals surface area contributed by atoms with E-state index in [0.717, 1.165) is 22.4 Å². The van der Waals surface area contributed by atoms with Gasteiger partial charge in [-0.1, -0.05) is 60.2 Å². The maximum atomic E-state index is 12.7. The molecule has 3 aromatic carbocycles. The number of amides is 1. The van der Waals surface area contributed by atoms with Crippen LogP contribution in [-0.2, 0) is 6.54 Å². The summed E-state index contributed by atoms with van der Waals surface area (Å²) in [6.45, 7) is 2.51. The summed E-state index contributed by atoms with van der Waals surface area (Å²) in [7, 11) is 1.63. The summed E-state index contributed by atoms with van der Waals surface area (Å²) in [5.41, 5.74) is 4.84. The lowest BCUT2D eigenvalue weighted by molar-refractivity contribution is 0.0951. The van der Waals surface area contributed by atoms with E-state index in [4.69, 9.17) is 4.74 Å². The Bertz CT molecular complexity index is 886. The molecule has 1 N–H and O–H groups in total. The lowest BCUT2D eigenvalue weighted by atomic mass is 9.98. The van der Waals surface area contributed by atoms with Crippen molar-refractivity contribution in [1.29, 1.82) is 0 Å². The minimum Gasteiger partial charge on any atom is -0.497 e. The molecule has 0 aliphatic rings. The van der Waals surface area contributed by atoms with Crippen molar-refractivity contribution >= 4 is 5.91 Å². The van der Waals surface area contributed by atoms with Crippen molar-refractivity contribution in [3.05, 3.63) is 89.5 Å². The lowest BCUT2D eigenvalue weighted by Gasteiger charge is -2.11. The van der Waals surface area contributed by atoms with Crippen LogP contribution < -0.4 is 10.1 Å². The molecule has 3 rings (SSSR count). The molecule has 0 unspecified atom stereocenters. The molecule has 0 radical (unpaired) electrons. The first-order chi connectivity index (χ1) is 12.2. The van der Waals surface area contributed by atoms with Crippen LogP contribution in [0.3, 0.4) is 0 Å². The Balaban J connectivity index is 1.81. The highest BCUT2D eigenvalue weighted by Crippen LogP contribution is 2.24. The third-order valence-corrected chi connectivity index (χ3v) is 4.09. The number of aryl methyl sites for hydroxylation is 1. The van der Waals surface area contributed by atoms with Gasteiger partial charge in [-0.15, -0.1) is 0 Å². The first-order valence-corrected chi connectivity index (χ1v) is 8.24. The molecule has 0 aromatic heterocycles. The fourth-order valence-corrected chi connectivity index (χ4v) is 2.81. The smallest absolute Gasteiger partial charge is 0.252 e. The highest BCUT2D eigenvalue weighted by Gasteiger charge is 2.12. The van der Waals surface area contributed by atoms with Crippen LogP contribution in [0.1, 0.15) is 21.5 Å². The van der Waals surface area contributed by atoms with E-state index in [1.807, 2.05) is 60.7 Å². The molecule has 0 bridgehead atoms. The van der Waals surface area contributed by atoms with Crippen molar-refractivity contribution in [1.82, 2.24) is 5.32 Å². The molecule has 0 aliphatic carbocycles. The fourth-order valence-electron chi connectivity index (χ4n) is 2.81. The molecule has 0 spiro atoms. The van der Waals surface area contributed by atoms with Crippen molar-refractivity contribution < 1.29 is 9.53 Å². The maximum Gasteiger partial charge on any atom is 0.252 e. The highest BCUT2D eigenvalue weighted by atomic mass is 16.5. The van der Waals surface area contributed by atoms with Crippen LogP contribution in [0.25, 0.3) is 11.1 Å². The molecule has 0 heterocycles. The van der Waals surface area contributed by atoms with E-state index in [-0.39, 0.29) is 5.91 Å². The molecule has 3 nitrogen and oxygen atoms in total. The molecule has 0 saturated carbocycles. The van der Waals surface area contributed by atoms with Gasteiger partial charge in [-0.3, -0.25) is 4.79 Å². The van der Waals surface area contributed by atoms with E-state index < -0.39 is 0 Å². The predicted octanol–water partition coefficient (Wildman–Crippen LogP) is 4.60. The van der Waals surface area contributed by atoms with E-state index in [0.29, 0.717) is 12.1 Å². The Kier molecular flexibility index (Phi) is 5.14. The topological polar surface area (TPSA) is 38.3 Å². The van der Waals surface area contributed by atoms with Crippen LogP contribution in [0, 0.1) is 6.92 Å².